The lowest BCUT2D eigenvalue weighted by Crippen LogP contribution is -2.00. The van der Waals surface area contributed by atoms with Gasteiger partial charge in [0.05, 0.1) is 5.69 Å². The molecule has 4 heteroatoms. The van der Waals surface area contributed by atoms with E-state index < -0.39 is 0 Å². The number of pyridine rings is 1. The van der Waals surface area contributed by atoms with E-state index in [1.54, 1.807) is 11.3 Å². The number of hydrogen-bond acceptors (Lipinski definition) is 2. The SMILES string of the molecule is CC(=O)c1c(C)nc2cc(F)ccn12. The van der Waals surface area contributed by atoms with Gasteiger partial charge in [-0.05, 0) is 13.0 Å². The van der Waals surface area contributed by atoms with Crippen LogP contribution in [0.2, 0.25) is 0 Å². The summed E-state index contributed by atoms with van der Waals surface area (Å²) in [5.74, 6) is -0.417. The smallest absolute Gasteiger partial charge is 0.178 e. The Morgan fingerprint density at radius 2 is 2.29 bits per heavy atom. The fourth-order valence-corrected chi connectivity index (χ4v) is 1.56. The summed E-state index contributed by atoms with van der Waals surface area (Å²) in [5, 5.41) is 0. The molecule has 0 fully saturated rings. The van der Waals surface area contributed by atoms with Gasteiger partial charge in [-0.15, -0.1) is 0 Å². The van der Waals surface area contributed by atoms with Gasteiger partial charge in [0.1, 0.15) is 17.2 Å². The van der Waals surface area contributed by atoms with E-state index in [2.05, 4.69) is 4.98 Å². The van der Waals surface area contributed by atoms with E-state index in [1.165, 1.54) is 25.3 Å². The molecule has 2 aromatic heterocycles. The van der Waals surface area contributed by atoms with E-state index >= 15 is 0 Å². The zero-order valence-corrected chi connectivity index (χ0v) is 7.91. The van der Waals surface area contributed by atoms with Gasteiger partial charge in [0.2, 0.25) is 0 Å². The molecule has 2 rings (SSSR count). The maximum absolute atomic E-state index is 12.8. The number of carbonyl (C=O) groups is 1. The van der Waals surface area contributed by atoms with Gasteiger partial charge in [-0.25, -0.2) is 9.37 Å². The molecule has 0 saturated carbocycles. The largest absolute Gasteiger partial charge is 0.297 e. The van der Waals surface area contributed by atoms with Gasteiger partial charge in [-0.3, -0.25) is 9.20 Å². The number of aromatic nitrogens is 2. The molecule has 0 radical (unpaired) electrons. The number of carbonyl (C=O) groups excluding carboxylic acids is 1. The van der Waals surface area contributed by atoms with Crippen molar-refractivity contribution in [3.63, 3.8) is 0 Å². The Balaban J connectivity index is 2.84. The second-order valence-corrected chi connectivity index (χ2v) is 3.18. The van der Waals surface area contributed by atoms with Crippen LogP contribution in [0, 0.1) is 12.7 Å². The molecule has 14 heavy (non-hydrogen) atoms. The minimum absolute atomic E-state index is 0.0680. The first kappa shape index (κ1) is 8.87. The summed E-state index contributed by atoms with van der Waals surface area (Å²) in [5.41, 5.74) is 1.61. The van der Waals surface area contributed by atoms with Crippen molar-refractivity contribution < 1.29 is 9.18 Å². The molecule has 72 valence electrons. The van der Waals surface area contributed by atoms with Gasteiger partial charge >= 0.3 is 0 Å². The van der Waals surface area contributed by atoms with E-state index in [1.807, 2.05) is 0 Å². The van der Waals surface area contributed by atoms with Crippen LogP contribution in [-0.2, 0) is 0 Å². The van der Waals surface area contributed by atoms with Crippen LogP contribution in [0.25, 0.3) is 5.65 Å². The van der Waals surface area contributed by atoms with E-state index in [-0.39, 0.29) is 11.6 Å². The van der Waals surface area contributed by atoms with E-state index in [9.17, 15) is 9.18 Å². The third kappa shape index (κ3) is 1.19. The number of Topliss-reactive ketones (excluding diaryl/α,β-unsaturated/α-hetero) is 1. The van der Waals surface area contributed by atoms with Crippen molar-refractivity contribution in [3.05, 3.63) is 35.5 Å². The number of aryl methyl sites for hydroxylation is 1. The summed E-state index contributed by atoms with van der Waals surface area (Å²) >= 11 is 0. The molecule has 0 aliphatic carbocycles. The van der Waals surface area contributed by atoms with Gasteiger partial charge in [0.15, 0.2) is 5.78 Å². The first-order chi connectivity index (χ1) is 6.59. The monoisotopic (exact) mass is 192 g/mol. The normalized spacial score (nSPS) is 10.8. The minimum atomic E-state index is -0.349. The molecule has 2 heterocycles. The Hall–Kier alpha value is -1.71. The maximum atomic E-state index is 12.8. The van der Waals surface area contributed by atoms with Gasteiger partial charge in [-0.1, -0.05) is 0 Å². The third-order valence-electron chi connectivity index (χ3n) is 2.10. The Labute approximate surface area is 80.2 Å². The van der Waals surface area contributed by atoms with Crippen LogP contribution in [-0.4, -0.2) is 15.2 Å². The average molecular weight is 192 g/mol. The lowest BCUT2D eigenvalue weighted by Gasteiger charge is -1.97. The topological polar surface area (TPSA) is 34.4 Å². The highest BCUT2D eigenvalue weighted by Gasteiger charge is 2.12. The number of halogens is 1. The van der Waals surface area contributed by atoms with E-state index in [0.29, 0.717) is 17.0 Å². The van der Waals surface area contributed by atoms with Crippen molar-refractivity contribution >= 4 is 11.4 Å². The highest BCUT2D eigenvalue weighted by atomic mass is 19.1. The molecule has 3 nitrogen and oxygen atoms in total. The van der Waals surface area contributed by atoms with Crippen LogP contribution in [0.1, 0.15) is 23.1 Å². The summed E-state index contributed by atoms with van der Waals surface area (Å²) < 4.78 is 14.4. The van der Waals surface area contributed by atoms with Crippen molar-refractivity contribution in [3.8, 4) is 0 Å². The molecule has 0 aromatic carbocycles. The summed E-state index contributed by atoms with van der Waals surface area (Å²) in [6, 6.07) is 2.61. The van der Waals surface area contributed by atoms with Gasteiger partial charge < -0.3 is 0 Å². The van der Waals surface area contributed by atoms with Crippen LogP contribution < -0.4 is 0 Å². The third-order valence-corrected chi connectivity index (χ3v) is 2.10. The number of hydrogen-bond donors (Lipinski definition) is 0. The molecule has 0 N–H and O–H groups in total. The van der Waals surface area contributed by atoms with Crippen molar-refractivity contribution in [1.82, 2.24) is 9.38 Å². The number of imidazole rings is 1. The number of fused-ring (bicyclic) bond motifs is 1. The minimum Gasteiger partial charge on any atom is -0.297 e. The molecule has 0 aliphatic heterocycles. The van der Waals surface area contributed by atoms with Crippen LogP contribution in [0.3, 0.4) is 0 Å². The number of ketones is 1. The predicted octanol–water partition coefficient (Wildman–Crippen LogP) is 1.98. The first-order valence-corrected chi connectivity index (χ1v) is 4.25. The molecule has 0 amide bonds. The van der Waals surface area contributed by atoms with Crippen molar-refractivity contribution in [2.24, 2.45) is 0 Å². The first-order valence-electron chi connectivity index (χ1n) is 4.25. The van der Waals surface area contributed by atoms with E-state index in [4.69, 9.17) is 0 Å². The zero-order valence-electron chi connectivity index (χ0n) is 7.91. The second kappa shape index (κ2) is 2.90. The fourth-order valence-electron chi connectivity index (χ4n) is 1.56. The molecule has 0 atom stereocenters. The Morgan fingerprint density at radius 1 is 1.57 bits per heavy atom. The lowest BCUT2D eigenvalue weighted by molar-refractivity contribution is 0.101. The van der Waals surface area contributed by atoms with Crippen LogP contribution >= 0.6 is 0 Å². The summed E-state index contributed by atoms with van der Waals surface area (Å²) in [4.78, 5) is 15.4. The molecule has 0 aliphatic rings. The highest BCUT2D eigenvalue weighted by Crippen LogP contribution is 2.13. The van der Waals surface area contributed by atoms with Crippen LogP contribution in [0.15, 0.2) is 18.3 Å². The zero-order chi connectivity index (χ0) is 10.3. The molecular weight excluding hydrogens is 183 g/mol. The molecule has 0 unspecified atom stereocenters. The van der Waals surface area contributed by atoms with Crippen molar-refractivity contribution in [2.75, 3.05) is 0 Å². The average Bonchev–Trinajstić information content (AvgIpc) is 2.39. The number of rotatable bonds is 1. The van der Waals surface area contributed by atoms with Crippen LogP contribution in [0.4, 0.5) is 4.39 Å². The van der Waals surface area contributed by atoms with Gasteiger partial charge in [-0.2, -0.15) is 0 Å². The molecule has 2 aromatic rings. The second-order valence-electron chi connectivity index (χ2n) is 3.18. The Kier molecular flexibility index (Phi) is 1.84. The summed E-state index contributed by atoms with van der Waals surface area (Å²) in [7, 11) is 0. The number of nitrogens with zero attached hydrogens (tertiary/aromatic N) is 2. The Bertz CT molecular complexity index is 516. The quantitative estimate of drug-likeness (QED) is 0.647. The van der Waals surface area contributed by atoms with Crippen LogP contribution in [0.5, 0.6) is 0 Å². The van der Waals surface area contributed by atoms with Gasteiger partial charge in [0.25, 0.3) is 0 Å². The summed E-state index contributed by atoms with van der Waals surface area (Å²) in [6.07, 6.45) is 1.52. The van der Waals surface area contributed by atoms with Gasteiger partial charge in [0, 0.05) is 19.2 Å². The predicted molar refractivity (Wildman–Crippen MR) is 49.9 cm³/mol. The summed E-state index contributed by atoms with van der Waals surface area (Å²) in [6.45, 7) is 3.21. The Morgan fingerprint density at radius 3 is 2.93 bits per heavy atom. The molecule has 0 bridgehead atoms. The molecule has 0 saturated heterocycles. The molecular formula is C10H9FN2O. The maximum Gasteiger partial charge on any atom is 0.178 e. The lowest BCUT2D eigenvalue weighted by atomic mass is 10.2. The van der Waals surface area contributed by atoms with Crippen molar-refractivity contribution in [1.29, 1.82) is 0 Å². The standard InChI is InChI=1S/C10H9FN2O/c1-6-10(7(2)14)13-4-3-8(11)5-9(13)12-6/h3-5H,1-2H3. The highest BCUT2D eigenvalue weighted by molar-refractivity contribution is 5.94. The van der Waals surface area contributed by atoms with E-state index in [0.717, 1.165) is 0 Å². The van der Waals surface area contributed by atoms with Crippen molar-refractivity contribution in [2.45, 2.75) is 13.8 Å². The fraction of sp³-hybridized carbons (Fsp3) is 0.200. The molecule has 0 spiro atoms.